The molecule has 2 aromatic heterocycles. The van der Waals surface area contributed by atoms with Gasteiger partial charge in [0.15, 0.2) is 0 Å². The van der Waals surface area contributed by atoms with Gasteiger partial charge in [0.1, 0.15) is 0 Å². The Labute approximate surface area is 384 Å². The minimum atomic E-state index is -0.681. The van der Waals surface area contributed by atoms with Gasteiger partial charge in [-0.05, 0) is 88.2 Å². The van der Waals surface area contributed by atoms with Gasteiger partial charge in [-0.15, -0.1) is 0 Å². The van der Waals surface area contributed by atoms with E-state index >= 15 is 0 Å². The Bertz CT molecular complexity index is 2130. The number of nitrogens with zero attached hydrogens (tertiary/aromatic N) is 3. The molecule has 9 heteroatoms. The van der Waals surface area contributed by atoms with Crippen molar-refractivity contribution in [2.45, 2.75) is 246 Å². The maximum Gasteiger partial charge on any atom is 0.262 e. The van der Waals surface area contributed by atoms with Gasteiger partial charge in [0, 0.05) is 24.2 Å². The number of aromatic nitrogens is 2. The summed E-state index contributed by atoms with van der Waals surface area (Å²) in [5.41, 5.74) is -2.67. The summed E-state index contributed by atoms with van der Waals surface area (Å²) < 4.78 is 2.83. The molecule has 3 aromatic rings. The summed E-state index contributed by atoms with van der Waals surface area (Å²) in [5, 5.41) is 1.01. The Morgan fingerprint density at radius 1 is 0.500 bits per heavy atom. The molecule has 4 unspecified atom stereocenters. The van der Waals surface area contributed by atoms with E-state index in [9.17, 15) is 28.8 Å². The van der Waals surface area contributed by atoms with Crippen molar-refractivity contribution in [1.29, 1.82) is 0 Å². The van der Waals surface area contributed by atoms with Gasteiger partial charge in [0.2, 0.25) is 0 Å². The number of imide groups is 1. The van der Waals surface area contributed by atoms with Crippen molar-refractivity contribution < 1.29 is 9.59 Å². The predicted octanol–water partition coefficient (Wildman–Crippen LogP) is 12.6. The van der Waals surface area contributed by atoms with Gasteiger partial charge in [0.05, 0.1) is 27.1 Å². The van der Waals surface area contributed by atoms with Crippen LogP contribution in [-0.4, -0.2) is 31.4 Å². The van der Waals surface area contributed by atoms with E-state index in [0.717, 1.165) is 108 Å². The molecule has 1 saturated carbocycles. The molecule has 356 valence electrons. The Morgan fingerprint density at radius 3 is 1.41 bits per heavy atom. The second-order valence-electron chi connectivity index (χ2n) is 20.7. The van der Waals surface area contributed by atoms with Crippen LogP contribution in [0.3, 0.4) is 0 Å². The van der Waals surface area contributed by atoms with E-state index < -0.39 is 5.54 Å². The standard InChI is InChI=1S/C55H85N3O6/c1-8-13-26-37-54(7,55(10-3,11-4)12-5)58-51(63)45-39-43-44(40-46(45)52(58)64)50(62)56(49(43)61)38-28-21-17-15-19-23-30-42-32-25-24-31-41(42)29-22-18-14-16-20-27-36-53(6,35-9-2)57-47(59)33-34-48(57)60/h33-34,39-42H,8-32,35-38H2,1-7H3. The fraction of sp³-hybridized carbons (Fsp3) is 0.745. The highest BCUT2D eigenvalue weighted by Gasteiger charge is 2.47. The molecule has 0 spiro atoms. The molecule has 1 fully saturated rings. The molecule has 0 N–H and O–H groups in total. The number of carbonyl (C=O) groups excluding carboxylic acids is 2. The van der Waals surface area contributed by atoms with E-state index in [2.05, 4.69) is 48.5 Å². The summed E-state index contributed by atoms with van der Waals surface area (Å²) in [6.45, 7) is 15.3. The van der Waals surface area contributed by atoms with Crippen LogP contribution in [0.2, 0.25) is 0 Å². The highest BCUT2D eigenvalue weighted by atomic mass is 16.2. The smallest absolute Gasteiger partial charge is 0.262 e. The van der Waals surface area contributed by atoms with Gasteiger partial charge in [-0.1, -0.05) is 169 Å². The van der Waals surface area contributed by atoms with Gasteiger partial charge in [-0.25, -0.2) is 0 Å². The van der Waals surface area contributed by atoms with Crippen LogP contribution in [0.15, 0.2) is 43.5 Å². The van der Waals surface area contributed by atoms with Crippen molar-refractivity contribution in [3.63, 3.8) is 0 Å². The molecule has 1 aliphatic carbocycles. The van der Waals surface area contributed by atoms with E-state index in [1.54, 1.807) is 0 Å². The highest BCUT2D eigenvalue weighted by Crippen LogP contribution is 2.48. The SMILES string of the molecule is CCCCCC(C)(n1c(=O)c2cc3c(=O)n(CCCCCCCCC4CCCCC4CCCCCCCCC(C)(CCC)N4C(=O)C=CC4=O)c(=O)c3cc2c1=O)C(CC)(CC)CC. The Kier molecular flexibility index (Phi) is 19.0. The second-order valence-corrected chi connectivity index (χ2v) is 20.7. The monoisotopic (exact) mass is 884 g/mol. The third kappa shape index (κ3) is 11.1. The third-order valence-corrected chi connectivity index (χ3v) is 16.9. The van der Waals surface area contributed by atoms with E-state index in [-0.39, 0.29) is 66.6 Å². The molecule has 0 radical (unpaired) electrons. The minimum Gasteiger partial charge on any atom is -0.274 e. The predicted molar refractivity (Wildman–Crippen MR) is 265 cm³/mol. The first-order chi connectivity index (χ1) is 30.8. The lowest BCUT2D eigenvalue weighted by atomic mass is 9.63. The summed E-state index contributed by atoms with van der Waals surface area (Å²) in [6, 6.07) is 3.08. The van der Waals surface area contributed by atoms with Crippen LogP contribution < -0.4 is 22.2 Å². The van der Waals surface area contributed by atoms with E-state index in [1.165, 1.54) is 122 Å². The van der Waals surface area contributed by atoms with E-state index in [0.29, 0.717) is 6.54 Å². The summed E-state index contributed by atoms with van der Waals surface area (Å²) in [5.74, 6) is 1.40. The summed E-state index contributed by atoms with van der Waals surface area (Å²) >= 11 is 0. The quantitative estimate of drug-likeness (QED) is 0.0486. The molecule has 5 rings (SSSR count). The van der Waals surface area contributed by atoms with Crippen molar-refractivity contribution in [2.75, 3.05) is 0 Å². The van der Waals surface area contributed by atoms with Gasteiger partial charge in [0.25, 0.3) is 34.1 Å². The lowest BCUT2D eigenvalue weighted by molar-refractivity contribution is -0.144. The lowest BCUT2D eigenvalue weighted by Gasteiger charge is -2.48. The average Bonchev–Trinajstić information content (AvgIpc) is 3.85. The van der Waals surface area contributed by atoms with E-state index in [4.69, 9.17) is 0 Å². The number of carbonyl (C=O) groups is 2. The molecule has 1 aromatic carbocycles. The van der Waals surface area contributed by atoms with E-state index in [1.807, 2.05) is 0 Å². The first kappa shape index (κ1) is 51.4. The molecular weight excluding hydrogens is 799 g/mol. The van der Waals surface area contributed by atoms with Crippen molar-refractivity contribution in [1.82, 2.24) is 14.0 Å². The number of benzene rings is 1. The molecule has 0 bridgehead atoms. The topological polar surface area (TPSA) is 116 Å². The van der Waals surface area contributed by atoms with Crippen LogP contribution in [0, 0.1) is 17.3 Å². The normalized spacial score (nSPS) is 19.1. The molecule has 64 heavy (non-hydrogen) atoms. The summed E-state index contributed by atoms with van der Waals surface area (Å²) in [4.78, 5) is 82.0. The number of amides is 2. The maximum atomic E-state index is 14.2. The van der Waals surface area contributed by atoms with Crippen LogP contribution in [-0.2, 0) is 21.7 Å². The molecule has 9 nitrogen and oxygen atoms in total. The van der Waals surface area contributed by atoms with Crippen molar-refractivity contribution in [3.8, 4) is 0 Å². The molecular formula is C55H85N3O6. The zero-order chi connectivity index (χ0) is 46.5. The number of hydrogen-bond acceptors (Lipinski definition) is 6. The van der Waals surface area contributed by atoms with Gasteiger partial charge < -0.3 is 0 Å². The van der Waals surface area contributed by atoms with Gasteiger partial charge in [-0.2, -0.15) is 0 Å². The first-order valence-electron chi connectivity index (χ1n) is 26.3. The zero-order valence-electron chi connectivity index (χ0n) is 41.3. The van der Waals surface area contributed by atoms with Crippen molar-refractivity contribution in [3.05, 3.63) is 65.7 Å². The van der Waals surface area contributed by atoms with Crippen molar-refractivity contribution in [2.24, 2.45) is 17.3 Å². The largest absolute Gasteiger partial charge is 0.274 e. The Morgan fingerprint density at radius 2 is 0.938 bits per heavy atom. The molecule has 1 aliphatic heterocycles. The molecule has 4 atom stereocenters. The van der Waals surface area contributed by atoms with Crippen LogP contribution in [0.4, 0.5) is 0 Å². The molecule has 2 amide bonds. The van der Waals surface area contributed by atoms with Crippen LogP contribution in [0.1, 0.15) is 228 Å². The Hall–Kier alpha value is -3.62. The fourth-order valence-corrected chi connectivity index (χ4v) is 12.8. The second kappa shape index (κ2) is 23.7. The zero-order valence-corrected chi connectivity index (χ0v) is 41.3. The first-order valence-corrected chi connectivity index (χ1v) is 26.3. The van der Waals surface area contributed by atoms with Crippen molar-refractivity contribution >= 4 is 33.4 Å². The highest BCUT2D eigenvalue weighted by molar-refractivity contribution is 6.13. The third-order valence-electron chi connectivity index (χ3n) is 16.9. The number of rotatable bonds is 30. The molecule has 2 aliphatic rings. The van der Waals surface area contributed by atoms with Crippen LogP contribution >= 0.6 is 0 Å². The lowest BCUT2D eigenvalue weighted by Crippen LogP contribution is -2.54. The Balaban J connectivity index is 1.04. The summed E-state index contributed by atoms with van der Waals surface area (Å²) in [7, 11) is 0. The number of fused-ring (bicyclic) bond motifs is 2. The molecule has 3 heterocycles. The number of hydrogen-bond donors (Lipinski definition) is 0. The fourth-order valence-electron chi connectivity index (χ4n) is 12.8. The summed E-state index contributed by atoms with van der Waals surface area (Å²) in [6.07, 6.45) is 33.7. The minimum absolute atomic E-state index is 0.159. The van der Waals surface area contributed by atoms with Crippen LogP contribution in [0.25, 0.3) is 21.5 Å². The van der Waals surface area contributed by atoms with Gasteiger partial charge in [-0.3, -0.25) is 42.8 Å². The van der Waals surface area contributed by atoms with Crippen LogP contribution in [0.5, 0.6) is 0 Å². The maximum absolute atomic E-state index is 14.2. The van der Waals surface area contributed by atoms with Gasteiger partial charge >= 0.3 is 0 Å². The number of unbranched alkanes of at least 4 members (excludes halogenated alkanes) is 12. The molecule has 0 saturated heterocycles. The average molecular weight is 884 g/mol.